The van der Waals surface area contributed by atoms with E-state index in [0.29, 0.717) is 0 Å². The molecule has 0 aliphatic carbocycles. The second kappa shape index (κ2) is 6.60. The zero-order valence-electron chi connectivity index (χ0n) is 10.9. The molecule has 1 aromatic heterocycles. The highest BCUT2D eigenvalue weighted by atomic mass is 19.1. The van der Waals surface area contributed by atoms with E-state index in [1.807, 2.05) is 6.92 Å². The Morgan fingerprint density at radius 3 is 2.95 bits per heavy atom. The van der Waals surface area contributed by atoms with Crippen molar-refractivity contribution in [1.29, 1.82) is 0 Å². The van der Waals surface area contributed by atoms with Crippen molar-refractivity contribution in [3.8, 4) is 0 Å². The Morgan fingerprint density at radius 2 is 2.26 bits per heavy atom. The maximum Gasteiger partial charge on any atom is 0.239 e. The molecule has 1 fully saturated rings. The highest BCUT2D eigenvalue weighted by Crippen LogP contribution is 2.13. The van der Waals surface area contributed by atoms with E-state index in [2.05, 4.69) is 25.6 Å². The molecule has 0 bridgehead atoms. The zero-order valence-corrected chi connectivity index (χ0v) is 10.9. The zero-order chi connectivity index (χ0) is 13.7. The molecule has 4 N–H and O–H groups in total. The fraction of sp³-hybridized carbons (Fsp3) is 0.636. The second-order valence-electron chi connectivity index (χ2n) is 4.49. The van der Waals surface area contributed by atoms with Crippen LogP contribution in [0.4, 0.5) is 16.2 Å². The first kappa shape index (κ1) is 13.9. The summed E-state index contributed by atoms with van der Waals surface area (Å²) in [7, 11) is 0. The molecule has 1 aliphatic rings. The number of anilines is 2. The normalized spacial score (nSPS) is 18.1. The van der Waals surface area contributed by atoms with Crippen molar-refractivity contribution in [2.24, 2.45) is 5.84 Å². The molecule has 1 aromatic rings. The Kier molecular flexibility index (Phi) is 4.83. The van der Waals surface area contributed by atoms with Gasteiger partial charge in [-0.1, -0.05) is 0 Å². The van der Waals surface area contributed by atoms with Gasteiger partial charge in [-0.25, -0.2) is 15.2 Å². The number of hydrogen-bond acceptors (Lipinski definition) is 7. The topological polar surface area (TPSA) is 88.3 Å². The van der Waals surface area contributed by atoms with Crippen molar-refractivity contribution in [3.05, 3.63) is 12.0 Å². The molecule has 19 heavy (non-hydrogen) atoms. The van der Waals surface area contributed by atoms with Crippen molar-refractivity contribution in [3.63, 3.8) is 0 Å². The van der Waals surface area contributed by atoms with Crippen LogP contribution in [0, 0.1) is 5.82 Å². The van der Waals surface area contributed by atoms with E-state index in [1.165, 1.54) is 0 Å². The Hall–Kier alpha value is -1.51. The van der Waals surface area contributed by atoms with Crippen molar-refractivity contribution in [2.75, 3.05) is 43.6 Å². The lowest BCUT2D eigenvalue weighted by atomic mass is 10.3. The fourth-order valence-corrected chi connectivity index (χ4v) is 1.99. The lowest BCUT2D eigenvalue weighted by molar-refractivity contribution is 0.0368. The van der Waals surface area contributed by atoms with E-state index < -0.39 is 5.82 Å². The lowest BCUT2D eigenvalue weighted by Gasteiger charge is -2.29. The van der Waals surface area contributed by atoms with Crippen LogP contribution in [-0.2, 0) is 4.74 Å². The lowest BCUT2D eigenvalue weighted by Crippen LogP contribution is -2.42. The molecule has 2 heterocycles. The van der Waals surface area contributed by atoms with Crippen LogP contribution >= 0.6 is 0 Å². The van der Waals surface area contributed by atoms with Crippen LogP contribution in [0.3, 0.4) is 0 Å². The first-order valence-electron chi connectivity index (χ1n) is 6.25. The minimum absolute atomic E-state index is 0.0631. The monoisotopic (exact) mass is 270 g/mol. The summed E-state index contributed by atoms with van der Waals surface area (Å²) in [6.07, 6.45) is 1.09. The minimum Gasteiger partial charge on any atom is -0.379 e. The third kappa shape index (κ3) is 3.98. The van der Waals surface area contributed by atoms with E-state index in [4.69, 9.17) is 10.6 Å². The van der Waals surface area contributed by atoms with Gasteiger partial charge in [-0.05, 0) is 6.92 Å². The Balaban J connectivity index is 1.92. The summed E-state index contributed by atoms with van der Waals surface area (Å²) >= 11 is 0. The standard InChI is InChI=1S/C11H19FN6O/c1-8(7-18-2-4-19-5-3-18)15-10-9(12)6-14-11(16-10)17-13/h6,8H,2-5,7,13H2,1H3,(H2,14,15,16,17). The van der Waals surface area contributed by atoms with Gasteiger partial charge in [0.1, 0.15) is 0 Å². The highest BCUT2D eigenvalue weighted by Gasteiger charge is 2.15. The summed E-state index contributed by atoms with van der Waals surface area (Å²) in [6, 6.07) is 0.0631. The van der Waals surface area contributed by atoms with Gasteiger partial charge in [0.25, 0.3) is 0 Å². The van der Waals surface area contributed by atoms with Crippen LogP contribution in [0.15, 0.2) is 6.20 Å². The maximum atomic E-state index is 13.6. The number of ether oxygens (including phenoxy) is 1. The van der Waals surface area contributed by atoms with Crippen LogP contribution in [0.1, 0.15) is 6.92 Å². The molecule has 1 aliphatic heterocycles. The van der Waals surface area contributed by atoms with Gasteiger partial charge in [0.2, 0.25) is 5.95 Å². The average Bonchev–Trinajstić information content (AvgIpc) is 2.42. The number of hydrazine groups is 1. The molecular formula is C11H19FN6O. The van der Waals surface area contributed by atoms with E-state index >= 15 is 0 Å². The molecule has 2 rings (SSSR count). The highest BCUT2D eigenvalue weighted by molar-refractivity contribution is 5.41. The number of nitrogens with two attached hydrogens (primary N) is 1. The summed E-state index contributed by atoms with van der Waals surface area (Å²) in [5.41, 5.74) is 2.29. The van der Waals surface area contributed by atoms with Gasteiger partial charge in [-0.2, -0.15) is 4.98 Å². The predicted molar refractivity (Wildman–Crippen MR) is 70.1 cm³/mol. The predicted octanol–water partition coefficient (Wildman–Crippen LogP) is 0.0339. The number of nitrogens with one attached hydrogen (secondary N) is 2. The summed E-state index contributed by atoms with van der Waals surface area (Å²) in [5, 5.41) is 3.03. The SMILES string of the molecule is CC(CN1CCOCC1)Nc1nc(NN)ncc1F. The van der Waals surface area contributed by atoms with Crippen LogP contribution in [0.25, 0.3) is 0 Å². The van der Waals surface area contributed by atoms with Gasteiger partial charge in [-0.3, -0.25) is 10.3 Å². The molecule has 0 saturated carbocycles. The molecule has 0 amide bonds. The molecular weight excluding hydrogens is 251 g/mol. The average molecular weight is 270 g/mol. The van der Waals surface area contributed by atoms with Gasteiger partial charge in [0.15, 0.2) is 11.6 Å². The van der Waals surface area contributed by atoms with Crippen LogP contribution in [0.2, 0.25) is 0 Å². The first-order valence-corrected chi connectivity index (χ1v) is 6.25. The largest absolute Gasteiger partial charge is 0.379 e. The number of rotatable bonds is 5. The van der Waals surface area contributed by atoms with E-state index in [9.17, 15) is 4.39 Å². The van der Waals surface area contributed by atoms with Crippen molar-refractivity contribution >= 4 is 11.8 Å². The van der Waals surface area contributed by atoms with E-state index in [0.717, 1.165) is 39.0 Å². The van der Waals surface area contributed by atoms with Gasteiger partial charge in [-0.15, -0.1) is 0 Å². The summed E-state index contributed by atoms with van der Waals surface area (Å²) in [5.74, 6) is 5.05. The molecule has 0 aromatic carbocycles. The van der Waals surface area contributed by atoms with E-state index in [-0.39, 0.29) is 17.8 Å². The second-order valence-corrected chi connectivity index (χ2v) is 4.49. The summed E-state index contributed by atoms with van der Waals surface area (Å²) in [4.78, 5) is 9.90. The third-order valence-electron chi connectivity index (χ3n) is 2.89. The smallest absolute Gasteiger partial charge is 0.239 e. The first-order chi connectivity index (χ1) is 9.19. The minimum atomic E-state index is -0.493. The van der Waals surface area contributed by atoms with Gasteiger partial charge < -0.3 is 10.1 Å². The number of aromatic nitrogens is 2. The summed E-state index contributed by atoms with van der Waals surface area (Å²) in [6.45, 7) is 6.07. The number of halogens is 1. The number of morpholine rings is 1. The number of nitrogens with zero attached hydrogens (tertiary/aromatic N) is 3. The van der Waals surface area contributed by atoms with Crippen molar-refractivity contribution < 1.29 is 9.13 Å². The third-order valence-corrected chi connectivity index (χ3v) is 2.89. The molecule has 0 spiro atoms. The molecule has 8 heteroatoms. The Morgan fingerprint density at radius 1 is 1.53 bits per heavy atom. The molecule has 106 valence electrons. The van der Waals surface area contributed by atoms with Crippen LogP contribution in [0.5, 0.6) is 0 Å². The van der Waals surface area contributed by atoms with Crippen LogP contribution < -0.4 is 16.6 Å². The maximum absolute atomic E-state index is 13.6. The quantitative estimate of drug-likeness (QED) is 0.514. The molecule has 1 saturated heterocycles. The Bertz CT molecular complexity index is 412. The van der Waals surface area contributed by atoms with Gasteiger partial charge in [0.05, 0.1) is 19.4 Å². The summed E-state index contributed by atoms with van der Waals surface area (Å²) < 4.78 is 18.8. The van der Waals surface area contributed by atoms with Crippen molar-refractivity contribution in [2.45, 2.75) is 13.0 Å². The van der Waals surface area contributed by atoms with Gasteiger partial charge in [0, 0.05) is 25.7 Å². The molecule has 1 unspecified atom stereocenters. The van der Waals surface area contributed by atoms with Crippen molar-refractivity contribution in [1.82, 2.24) is 14.9 Å². The fourth-order valence-electron chi connectivity index (χ4n) is 1.99. The molecule has 7 nitrogen and oxygen atoms in total. The molecule has 1 atom stereocenters. The van der Waals surface area contributed by atoms with Crippen LogP contribution in [-0.4, -0.2) is 53.8 Å². The van der Waals surface area contributed by atoms with Gasteiger partial charge >= 0.3 is 0 Å². The number of nitrogen functional groups attached to an aromatic ring is 1. The number of hydrogen-bond donors (Lipinski definition) is 3. The van der Waals surface area contributed by atoms with E-state index in [1.54, 1.807) is 0 Å². The Labute approximate surface area is 111 Å². The molecule has 0 radical (unpaired) electrons.